The maximum Gasteiger partial charge on any atom is 0.261 e. The van der Waals surface area contributed by atoms with Crippen molar-refractivity contribution in [2.75, 3.05) is 12.4 Å². The van der Waals surface area contributed by atoms with Crippen LogP contribution in [0.4, 0.5) is 10.1 Å². The standard InChI is InChI=1S/C29H20FN5O4/c1-38-19-7-5-18(6-8-19)35-16-22(26(36)21-3-2-12-33-28(21)35)29(37)34-17-4-9-25(23(30)15-17)39-24-11-14-32-27-20(24)10-13-31-27/h2-16H,1H3,(H,31,32)(H,34,37). The minimum Gasteiger partial charge on any atom is -0.497 e. The van der Waals surface area contributed by atoms with Crippen LogP contribution in [-0.4, -0.2) is 32.5 Å². The number of methoxy groups -OCH3 is 1. The monoisotopic (exact) mass is 521 g/mol. The minimum absolute atomic E-state index is 0.0275. The lowest BCUT2D eigenvalue weighted by Crippen LogP contribution is -2.24. The first-order chi connectivity index (χ1) is 19.0. The van der Waals surface area contributed by atoms with Gasteiger partial charge in [-0.05, 0) is 60.7 Å². The number of aromatic amines is 1. The van der Waals surface area contributed by atoms with Crippen LogP contribution < -0.4 is 20.2 Å². The Morgan fingerprint density at radius 3 is 2.62 bits per heavy atom. The zero-order valence-corrected chi connectivity index (χ0v) is 20.5. The number of ether oxygens (including phenoxy) is 2. The van der Waals surface area contributed by atoms with Crippen molar-refractivity contribution in [2.45, 2.75) is 0 Å². The first-order valence-corrected chi connectivity index (χ1v) is 11.9. The van der Waals surface area contributed by atoms with E-state index in [1.165, 1.54) is 18.3 Å². The van der Waals surface area contributed by atoms with Gasteiger partial charge in [-0.3, -0.25) is 9.59 Å². The highest BCUT2D eigenvalue weighted by Crippen LogP contribution is 2.31. The van der Waals surface area contributed by atoms with Crippen molar-refractivity contribution in [3.63, 3.8) is 0 Å². The van der Waals surface area contributed by atoms with E-state index in [1.807, 2.05) is 0 Å². The highest BCUT2D eigenvalue weighted by atomic mass is 19.1. The van der Waals surface area contributed by atoms with Crippen LogP contribution in [-0.2, 0) is 0 Å². The molecule has 192 valence electrons. The Morgan fingerprint density at radius 2 is 1.82 bits per heavy atom. The van der Waals surface area contributed by atoms with E-state index in [0.717, 1.165) is 6.07 Å². The molecule has 0 aliphatic heterocycles. The van der Waals surface area contributed by atoms with E-state index >= 15 is 0 Å². The second-order valence-electron chi connectivity index (χ2n) is 8.56. The van der Waals surface area contributed by atoms with E-state index in [4.69, 9.17) is 9.47 Å². The molecule has 0 aliphatic rings. The number of halogens is 1. The highest BCUT2D eigenvalue weighted by molar-refractivity contribution is 6.05. The van der Waals surface area contributed by atoms with Crippen molar-refractivity contribution in [1.82, 2.24) is 19.5 Å². The fourth-order valence-electron chi connectivity index (χ4n) is 4.26. The van der Waals surface area contributed by atoms with Gasteiger partial charge in [0.15, 0.2) is 11.6 Å². The van der Waals surface area contributed by atoms with Gasteiger partial charge in [-0.25, -0.2) is 14.4 Å². The Bertz CT molecular complexity index is 1910. The number of nitrogens with zero attached hydrogens (tertiary/aromatic N) is 3. The number of hydrogen-bond acceptors (Lipinski definition) is 6. The van der Waals surface area contributed by atoms with Crippen LogP contribution in [0, 0.1) is 5.82 Å². The molecule has 10 heteroatoms. The third-order valence-corrected chi connectivity index (χ3v) is 6.19. The number of nitrogens with one attached hydrogen (secondary N) is 2. The molecule has 0 atom stereocenters. The summed E-state index contributed by atoms with van der Waals surface area (Å²) in [7, 11) is 1.56. The van der Waals surface area contributed by atoms with Crippen LogP contribution in [0.15, 0.2) is 96.3 Å². The van der Waals surface area contributed by atoms with Crippen LogP contribution in [0.5, 0.6) is 17.2 Å². The first-order valence-electron chi connectivity index (χ1n) is 11.9. The van der Waals surface area contributed by atoms with Crippen LogP contribution >= 0.6 is 0 Å². The summed E-state index contributed by atoms with van der Waals surface area (Å²) in [5, 5.41) is 3.58. The van der Waals surface area contributed by atoms with E-state index in [1.54, 1.807) is 78.8 Å². The van der Waals surface area contributed by atoms with Gasteiger partial charge in [0.2, 0.25) is 5.43 Å². The van der Waals surface area contributed by atoms with Gasteiger partial charge in [0, 0.05) is 42.2 Å². The molecule has 0 unspecified atom stereocenters. The number of fused-ring (bicyclic) bond motifs is 2. The molecule has 4 aromatic heterocycles. The molecule has 0 saturated carbocycles. The molecule has 39 heavy (non-hydrogen) atoms. The van der Waals surface area contributed by atoms with Gasteiger partial charge in [-0.15, -0.1) is 0 Å². The van der Waals surface area contributed by atoms with Gasteiger partial charge in [0.05, 0.1) is 17.9 Å². The topological polar surface area (TPSA) is 111 Å². The fraction of sp³-hybridized carbons (Fsp3) is 0.0345. The smallest absolute Gasteiger partial charge is 0.261 e. The van der Waals surface area contributed by atoms with Gasteiger partial charge < -0.3 is 24.3 Å². The van der Waals surface area contributed by atoms with Gasteiger partial charge >= 0.3 is 0 Å². The largest absolute Gasteiger partial charge is 0.497 e. The average Bonchev–Trinajstić information content (AvgIpc) is 3.45. The van der Waals surface area contributed by atoms with Crippen LogP contribution in [0.2, 0.25) is 0 Å². The zero-order chi connectivity index (χ0) is 26.9. The Balaban J connectivity index is 1.31. The number of amides is 1. The molecule has 6 aromatic rings. The van der Waals surface area contributed by atoms with Gasteiger partial charge in [0.25, 0.3) is 5.91 Å². The van der Waals surface area contributed by atoms with E-state index in [-0.39, 0.29) is 22.4 Å². The predicted octanol–water partition coefficient (Wildman–Crippen LogP) is 5.45. The summed E-state index contributed by atoms with van der Waals surface area (Å²) in [6.07, 6.45) is 6.26. The Morgan fingerprint density at radius 1 is 0.974 bits per heavy atom. The number of H-pyrrole nitrogens is 1. The molecule has 6 rings (SSSR count). The van der Waals surface area contributed by atoms with Crippen LogP contribution in [0.25, 0.3) is 27.8 Å². The Labute approximate surface area is 220 Å². The number of aromatic nitrogens is 4. The van der Waals surface area contributed by atoms with Crippen molar-refractivity contribution in [1.29, 1.82) is 0 Å². The van der Waals surface area contributed by atoms with E-state index in [9.17, 15) is 14.0 Å². The van der Waals surface area contributed by atoms with E-state index in [2.05, 4.69) is 20.3 Å². The van der Waals surface area contributed by atoms with Crippen molar-refractivity contribution in [3.05, 3.63) is 113 Å². The maximum atomic E-state index is 15.0. The normalized spacial score (nSPS) is 11.0. The van der Waals surface area contributed by atoms with Gasteiger partial charge in [-0.2, -0.15) is 0 Å². The summed E-state index contributed by atoms with van der Waals surface area (Å²) in [5.41, 5.74) is 1.22. The summed E-state index contributed by atoms with van der Waals surface area (Å²) in [4.78, 5) is 38.0. The van der Waals surface area contributed by atoms with E-state index < -0.39 is 17.2 Å². The molecular weight excluding hydrogens is 501 g/mol. The fourth-order valence-corrected chi connectivity index (χ4v) is 4.26. The molecule has 0 aliphatic carbocycles. The minimum atomic E-state index is -0.691. The van der Waals surface area contributed by atoms with Crippen molar-refractivity contribution in [2.24, 2.45) is 0 Å². The van der Waals surface area contributed by atoms with Crippen LogP contribution in [0.3, 0.4) is 0 Å². The number of anilines is 1. The van der Waals surface area contributed by atoms with Gasteiger partial charge in [-0.1, -0.05) is 0 Å². The van der Waals surface area contributed by atoms with Crippen LogP contribution in [0.1, 0.15) is 10.4 Å². The summed E-state index contributed by atoms with van der Waals surface area (Å²) in [5.74, 6) is -0.317. The molecule has 0 radical (unpaired) electrons. The van der Waals surface area contributed by atoms with Crippen molar-refractivity contribution in [3.8, 4) is 22.9 Å². The average molecular weight is 522 g/mol. The molecule has 4 heterocycles. The number of carbonyl (C=O) groups excluding carboxylic acids is 1. The molecule has 0 fully saturated rings. The highest BCUT2D eigenvalue weighted by Gasteiger charge is 2.18. The SMILES string of the molecule is COc1ccc(-n2cc(C(=O)Nc3ccc(Oc4ccnc5[nH]ccc45)c(F)c3)c(=O)c3cccnc32)cc1. The number of carbonyl (C=O) groups is 1. The maximum absolute atomic E-state index is 15.0. The Kier molecular flexibility index (Phi) is 5.96. The predicted molar refractivity (Wildman–Crippen MR) is 144 cm³/mol. The Hall–Kier alpha value is -5.51. The third kappa shape index (κ3) is 4.44. The molecule has 0 spiro atoms. The quantitative estimate of drug-likeness (QED) is 0.301. The van der Waals surface area contributed by atoms with Crippen molar-refractivity contribution < 1.29 is 18.7 Å². The second kappa shape index (κ2) is 9.75. The number of pyridine rings is 3. The third-order valence-electron chi connectivity index (χ3n) is 6.19. The second-order valence-corrected chi connectivity index (χ2v) is 8.56. The number of hydrogen-bond donors (Lipinski definition) is 2. The zero-order valence-electron chi connectivity index (χ0n) is 20.5. The van der Waals surface area contributed by atoms with E-state index in [0.29, 0.717) is 33.9 Å². The molecule has 0 bridgehead atoms. The first kappa shape index (κ1) is 23.9. The summed E-state index contributed by atoms with van der Waals surface area (Å²) in [6.45, 7) is 0. The summed E-state index contributed by atoms with van der Waals surface area (Å²) < 4.78 is 27.6. The molecule has 2 N–H and O–H groups in total. The summed E-state index contributed by atoms with van der Waals surface area (Å²) in [6, 6.07) is 17.8. The number of benzene rings is 2. The molecular formula is C29H20FN5O4. The number of rotatable bonds is 6. The lowest BCUT2D eigenvalue weighted by Gasteiger charge is -2.14. The summed E-state index contributed by atoms with van der Waals surface area (Å²) >= 11 is 0. The molecule has 9 nitrogen and oxygen atoms in total. The van der Waals surface area contributed by atoms with Gasteiger partial charge in [0.1, 0.15) is 28.4 Å². The molecule has 0 saturated heterocycles. The molecule has 1 amide bonds. The molecule has 2 aromatic carbocycles. The van der Waals surface area contributed by atoms with Crippen molar-refractivity contribution >= 4 is 33.7 Å². The lowest BCUT2D eigenvalue weighted by atomic mass is 10.1. The lowest BCUT2D eigenvalue weighted by molar-refractivity contribution is 0.102.